The zero-order valence-corrected chi connectivity index (χ0v) is 24.0. The molecule has 2 aliphatic rings. The highest BCUT2D eigenvalue weighted by Crippen LogP contribution is 2.54. The molecule has 2 heterocycles. The van der Waals surface area contributed by atoms with Gasteiger partial charge in [-0.15, -0.1) is 0 Å². The van der Waals surface area contributed by atoms with Crippen molar-refractivity contribution >= 4 is 27.7 Å². The van der Waals surface area contributed by atoms with E-state index in [4.69, 9.17) is 8.92 Å². The van der Waals surface area contributed by atoms with Gasteiger partial charge >= 0.3 is 0 Å². The van der Waals surface area contributed by atoms with E-state index in [-0.39, 0.29) is 23.8 Å². The molecular formula is C34H31NO5S. The molecule has 7 heteroatoms. The highest BCUT2D eigenvalue weighted by molar-refractivity contribution is 7.86. The summed E-state index contributed by atoms with van der Waals surface area (Å²) in [7, 11) is -3.92. The van der Waals surface area contributed by atoms with Gasteiger partial charge in [0.1, 0.15) is 5.75 Å². The van der Waals surface area contributed by atoms with Crippen LogP contribution in [0.3, 0.4) is 0 Å². The van der Waals surface area contributed by atoms with Gasteiger partial charge in [0.25, 0.3) is 10.1 Å². The van der Waals surface area contributed by atoms with Crippen LogP contribution in [-0.2, 0) is 19.7 Å². The Labute approximate surface area is 241 Å². The van der Waals surface area contributed by atoms with Crippen molar-refractivity contribution in [2.75, 3.05) is 18.1 Å². The summed E-state index contributed by atoms with van der Waals surface area (Å²) in [5.41, 5.74) is 3.60. The first kappa shape index (κ1) is 27.0. The quantitative estimate of drug-likeness (QED) is 0.187. The highest BCUT2D eigenvalue weighted by Gasteiger charge is 2.58. The monoisotopic (exact) mass is 565 g/mol. The molecule has 0 amide bonds. The highest BCUT2D eigenvalue weighted by atomic mass is 32.2. The van der Waals surface area contributed by atoms with Crippen LogP contribution in [-0.4, -0.2) is 33.1 Å². The van der Waals surface area contributed by atoms with Crippen LogP contribution in [0.4, 0.5) is 5.69 Å². The normalized spacial score (nSPS) is 18.6. The molecule has 2 aliphatic heterocycles. The number of benzene rings is 4. The number of anilines is 1. The maximum absolute atomic E-state index is 13.1. The number of hydrogen-bond donors (Lipinski definition) is 0. The molecule has 0 saturated carbocycles. The van der Waals surface area contributed by atoms with Crippen molar-refractivity contribution in [1.82, 2.24) is 0 Å². The first-order valence-corrected chi connectivity index (χ1v) is 15.0. The lowest BCUT2D eigenvalue weighted by molar-refractivity contribution is 0.0512. The van der Waals surface area contributed by atoms with Crippen molar-refractivity contribution in [2.24, 2.45) is 0 Å². The maximum Gasteiger partial charge on any atom is 0.297 e. The average molecular weight is 566 g/mol. The Morgan fingerprint density at radius 1 is 0.878 bits per heavy atom. The molecule has 0 saturated heterocycles. The molecule has 1 unspecified atom stereocenters. The molecule has 0 aliphatic carbocycles. The molecule has 6 nitrogen and oxygen atoms in total. The van der Waals surface area contributed by atoms with Gasteiger partial charge < -0.3 is 9.64 Å². The first-order chi connectivity index (χ1) is 19.6. The lowest BCUT2D eigenvalue weighted by atomic mass is 9.76. The van der Waals surface area contributed by atoms with Gasteiger partial charge in [0.05, 0.1) is 16.9 Å². The van der Waals surface area contributed by atoms with E-state index in [0.29, 0.717) is 16.9 Å². The number of carbonyl (C=O) groups excluding carboxylic acids is 1. The number of para-hydroxylation sites is 1. The third-order valence-electron chi connectivity index (χ3n) is 8.09. The third-order valence-corrected chi connectivity index (χ3v) is 9.42. The van der Waals surface area contributed by atoms with E-state index >= 15 is 0 Å². The predicted molar refractivity (Wildman–Crippen MR) is 160 cm³/mol. The smallest absolute Gasteiger partial charge is 0.297 e. The van der Waals surface area contributed by atoms with E-state index in [2.05, 4.69) is 24.8 Å². The number of hydrogen-bond acceptors (Lipinski definition) is 6. The van der Waals surface area contributed by atoms with Gasteiger partial charge in [0, 0.05) is 28.9 Å². The fourth-order valence-electron chi connectivity index (χ4n) is 5.80. The zero-order chi connectivity index (χ0) is 28.8. The van der Waals surface area contributed by atoms with Gasteiger partial charge in [0.2, 0.25) is 5.72 Å². The van der Waals surface area contributed by atoms with E-state index in [1.807, 2.05) is 67.6 Å². The van der Waals surface area contributed by atoms with Crippen molar-refractivity contribution in [2.45, 2.75) is 36.8 Å². The van der Waals surface area contributed by atoms with Crippen molar-refractivity contribution < 1.29 is 22.1 Å². The van der Waals surface area contributed by atoms with Crippen LogP contribution in [0.5, 0.6) is 5.75 Å². The van der Waals surface area contributed by atoms with Crippen molar-refractivity contribution in [3.63, 3.8) is 0 Å². The van der Waals surface area contributed by atoms with Crippen molar-refractivity contribution in [1.29, 1.82) is 0 Å². The molecule has 208 valence electrons. The van der Waals surface area contributed by atoms with Gasteiger partial charge in [-0.1, -0.05) is 66.2 Å². The fraction of sp³-hybridized carbons (Fsp3) is 0.206. The Morgan fingerprint density at radius 3 is 2.34 bits per heavy atom. The molecule has 6 rings (SSSR count). The van der Waals surface area contributed by atoms with Crippen molar-refractivity contribution in [3.8, 4) is 5.75 Å². The Balaban J connectivity index is 1.31. The zero-order valence-electron chi connectivity index (χ0n) is 23.2. The Morgan fingerprint density at radius 2 is 1.59 bits per heavy atom. The van der Waals surface area contributed by atoms with E-state index in [1.54, 1.807) is 42.5 Å². The molecule has 4 aromatic rings. The molecule has 1 spiro atoms. The third kappa shape index (κ3) is 4.55. The lowest BCUT2D eigenvalue weighted by Gasteiger charge is -2.47. The van der Waals surface area contributed by atoms with Gasteiger partial charge in [0.15, 0.2) is 5.78 Å². The van der Waals surface area contributed by atoms with Crippen LogP contribution < -0.4 is 9.64 Å². The van der Waals surface area contributed by atoms with Gasteiger partial charge in [-0.3, -0.25) is 8.98 Å². The van der Waals surface area contributed by atoms with Gasteiger partial charge in [-0.2, -0.15) is 8.42 Å². The number of nitrogens with zero attached hydrogens (tertiary/aromatic N) is 1. The molecule has 0 aromatic heterocycles. The van der Waals surface area contributed by atoms with Crippen molar-refractivity contribution in [3.05, 3.63) is 131 Å². The van der Waals surface area contributed by atoms with Crippen LogP contribution in [0.15, 0.2) is 108 Å². The van der Waals surface area contributed by atoms with Crippen LogP contribution in [0.2, 0.25) is 0 Å². The molecule has 41 heavy (non-hydrogen) atoms. The number of ether oxygens (including phenoxy) is 1. The summed E-state index contributed by atoms with van der Waals surface area (Å²) in [6, 6.07) is 29.4. The van der Waals surface area contributed by atoms with Crippen LogP contribution in [0.25, 0.3) is 6.08 Å². The van der Waals surface area contributed by atoms with E-state index in [9.17, 15) is 13.2 Å². The molecule has 1 atom stereocenters. The lowest BCUT2D eigenvalue weighted by Crippen LogP contribution is -2.60. The number of carbonyl (C=O) groups is 1. The summed E-state index contributed by atoms with van der Waals surface area (Å²) in [5, 5.41) is 0. The van der Waals surface area contributed by atoms with Crippen LogP contribution in [0.1, 0.15) is 46.5 Å². The molecule has 0 bridgehead atoms. The topological polar surface area (TPSA) is 72.9 Å². The number of ketones is 1. The second-order valence-electron chi connectivity index (χ2n) is 11.0. The number of aryl methyl sites for hydroxylation is 1. The molecular weight excluding hydrogens is 534 g/mol. The SMILES string of the molecule is Cc1ccc(S(=O)(=O)OCCN2c3ccccc3C(C)(C)C23C=Cc2cc(C(=O)c4ccccc4)ccc2O3)cc1. The average Bonchev–Trinajstić information content (AvgIpc) is 3.15. The van der Waals surface area contributed by atoms with E-state index in [0.717, 1.165) is 22.4 Å². The Bertz CT molecular complexity index is 1760. The summed E-state index contributed by atoms with van der Waals surface area (Å²) >= 11 is 0. The summed E-state index contributed by atoms with van der Waals surface area (Å²) in [4.78, 5) is 15.3. The molecule has 4 aromatic carbocycles. The van der Waals surface area contributed by atoms with Crippen LogP contribution >= 0.6 is 0 Å². The van der Waals surface area contributed by atoms with E-state index < -0.39 is 21.3 Å². The first-order valence-electron chi connectivity index (χ1n) is 13.6. The minimum atomic E-state index is -3.92. The number of rotatable bonds is 7. The fourth-order valence-corrected chi connectivity index (χ4v) is 6.70. The van der Waals surface area contributed by atoms with Gasteiger partial charge in [-0.05, 0) is 74.9 Å². The predicted octanol–water partition coefficient (Wildman–Crippen LogP) is 6.53. The summed E-state index contributed by atoms with van der Waals surface area (Å²) in [5.74, 6) is 0.598. The standard InChI is InChI=1S/C34H31NO5S/c1-24-13-16-28(17-14-24)41(37,38)39-22-21-35-30-12-8-7-11-29(30)33(2,3)34(35)20-19-26-23-27(15-18-31(26)40-34)32(36)25-9-5-4-6-10-25/h4-20,23H,21-22H2,1-3H3. The molecule has 0 fully saturated rings. The Hall–Kier alpha value is -4.20. The van der Waals surface area contributed by atoms with Gasteiger partial charge in [-0.25, -0.2) is 0 Å². The molecule has 0 radical (unpaired) electrons. The number of fused-ring (bicyclic) bond motifs is 2. The Kier molecular flexibility index (Phi) is 6.59. The minimum absolute atomic E-state index is 0.0516. The second kappa shape index (κ2) is 10.0. The maximum atomic E-state index is 13.1. The summed E-state index contributed by atoms with van der Waals surface area (Å²) < 4.78 is 38.1. The summed E-state index contributed by atoms with van der Waals surface area (Å²) in [6.07, 6.45) is 4.01. The van der Waals surface area contributed by atoms with Crippen LogP contribution in [0, 0.1) is 6.92 Å². The largest absolute Gasteiger partial charge is 0.463 e. The second-order valence-corrected chi connectivity index (χ2v) is 12.6. The molecule has 0 N–H and O–H groups in total. The summed E-state index contributed by atoms with van der Waals surface area (Å²) in [6.45, 7) is 6.37. The van der Waals surface area contributed by atoms with E-state index in [1.165, 1.54) is 0 Å². The minimum Gasteiger partial charge on any atom is -0.463 e.